The Hall–Kier alpha value is -0.240. The van der Waals surface area contributed by atoms with Crippen molar-refractivity contribution in [3.63, 3.8) is 0 Å². The molecule has 5 N–H and O–H groups in total. The number of hydrogen-bond acceptors (Lipinski definition) is 6. The third-order valence-corrected chi connectivity index (χ3v) is 2.35. The van der Waals surface area contributed by atoms with Crippen LogP contribution in [-0.4, -0.2) is 69.3 Å². The number of methoxy groups -OCH3 is 1. The quantitative estimate of drug-likeness (QED) is 0.301. The smallest absolute Gasteiger partial charge is 0.114 e. The third kappa shape index (κ3) is 1.69. The standard InChI is InChI=1S/C7H14O6/c1-13-7-5(11)3(9)2(8)4(10)6(7)12/h2-12H,1H3/t2-,3-,4+,5+,6-,7+. The summed E-state index contributed by atoms with van der Waals surface area (Å²) >= 11 is 0. The van der Waals surface area contributed by atoms with Gasteiger partial charge in [-0.3, -0.25) is 0 Å². The number of aliphatic hydroxyl groups is 5. The maximum absolute atomic E-state index is 9.29. The summed E-state index contributed by atoms with van der Waals surface area (Å²) in [4.78, 5) is 0. The van der Waals surface area contributed by atoms with Gasteiger partial charge in [-0.25, -0.2) is 0 Å². The summed E-state index contributed by atoms with van der Waals surface area (Å²) in [7, 11) is 1.23. The van der Waals surface area contributed by atoms with Gasteiger partial charge in [-0.1, -0.05) is 0 Å². The van der Waals surface area contributed by atoms with E-state index in [4.69, 9.17) is 5.11 Å². The number of hydrogen-bond donors (Lipinski definition) is 5. The normalized spacial score (nSPS) is 52.2. The Balaban J connectivity index is 2.79. The van der Waals surface area contributed by atoms with Gasteiger partial charge in [-0.05, 0) is 0 Å². The first-order valence-corrected chi connectivity index (χ1v) is 3.93. The zero-order valence-corrected chi connectivity index (χ0v) is 7.11. The second-order valence-corrected chi connectivity index (χ2v) is 3.15. The van der Waals surface area contributed by atoms with Crippen molar-refractivity contribution in [3.8, 4) is 0 Å². The first kappa shape index (κ1) is 10.8. The molecule has 1 saturated carbocycles. The molecular weight excluding hydrogens is 180 g/mol. The van der Waals surface area contributed by atoms with Crippen molar-refractivity contribution in [2.45, 2.75) is 36.6 Å². The van der Waals surface area contributed by atoms with Crippen LogP contribution in [0.2, 0.25) is 0 Å². The Labute approximate surface area is 75.0 Å². The summed E-state index contributed by atoms with van der Waals surface area (Å²) < 4.78 is 4.67. The highest BCUT2D eigenvalue weighted by atomic mass is 16.5. The SMILES string of the molecule is CO[C@@H]1[C@H](O)[C@@H](O)[C@H](O)[C@@H](O)[C@@H]1O. The van der Waals surface area contributed by atoms with Gasteiger partial charge in [0.15, 0.2) is 0 Å². The number of aliphatic hydroxyl groups excluding tert-OH is 5. The maximum atomic E-state index is 9.29. The zero-order valence-electron chi connectivity index (χ0n) is 7.11. The van der Waals surface area contributed by atoms with E-state index in [0.717, 1.165) is 0 Å². The van der Waals surface area contributed by atoms with E-state index in [1.807, 2.05) is 0 Å². The molecular formula is C7H14O6. The van der Waals surface area contributed by atoms with E-state index in [1.165, 1.54) is 7.11 Å². The van der Waals surface area contributed by atoms with Crippen LogP contribution in [0.5, 0.6) is 0 Å². The minimum atomic E-state index is -1.56. The fourth-order valence-electron chi connectivity index (χ4n) is 1.48. The highest BCUT2D eigenvalue weighted by Gasteiger charge is 2.48. The van der Waals surface area contributed by atoms with E-state index < -0.39 is 36.6 Å². The van der Waals surface area contributed by atoms with Crippen LogP contribution in [0.3, 0.4) is 0 Å². The Morgan fingerprint density at radius 1 is 0.692 bits per heavy atom. The average molecular weight is 194 g/mol. The van der Waals surface area contributed by atoms with E-state index >= 15 is 0 Å². The third-order valence-electron chi connectivity index (χ3n) is 2.35. The molecule has 0 aromatic rings. The number of ether oxygens (including phenoxy) is 1. The molecule has 6 atom stereocenters. The molecule has 1 aliphatic rings. The lowest BCUT2D eigenvalue weighted by atomic mass is 9.85. The molecule has 0 amide bonds. The van der Waals surface area contributed by atoms with Crippen molar-refractivity contribution < 1.29 is 30.3 Å². The van der Waals surface area contributed by atoms with Crippen molar-refractivity contribution >= 4 is 0 Å². The first-order chi connectivity index (χ1) is 6.00. The largest absolute Gasteiger partial charge is 0.387 e. The van der Waals surface area contributed by atoms with Gasteiger partial charge in [0.25, 0.3) is 0 Å². The molecule has 13 heavy (non-hydrogen) atoms. The Morgan fingerprint density at radius 3 is 1.31 bits per heavy atom. The first-order valence-electron chi connectivity index (χ1n) is 3.93. The van der Waals surface area contributed by atoms with E-state index in [1.54, 1.807) is 0 Å². The lowest BCUT2D eigenvalue weighted by Crippen LogP contribution is -2.64. The zero-order chi connectivity index (χ0) is 10.2. The minimum Gasteiger partial charge on any atom is -0.387 e. The van der Waals surface area contributed by atoms with Crippen molar-refractivity contribution in [2.24, 2.45) is 0 Å². The highest BCUT2D eigenvalue weighted by molar-refractivity contribution is 4.99. The molecule has 1 aliphatic carbocycles. The molecule has 1 fully saturated rings. The Bertz CT molecular complexity index is 158. The van der Waals surface area contributed by atoms with Crippen LogP contribution in [0.1, 0.15) is 0 Å². The molecule has 1 rings (SSSR count). The summed E-state index contributed by atoms with van der Waals surface area (Å²) in [6, 6.07) is 0. The Kier molecular flexibility index (Phi) is 3.23. The molecule has 0 saturated heterocycles. The second kappa shape index (κ2) is 3.87. The Morgan fingerprint density at radius 2 is 1.00 bits per heavy atom. The van der Waals surface area contributed by atoms with Gasteiger partial charge in [0.2, 0.25) is 0 Å². The van der Waals surface area contributed by atoms with Crippen molar-refractivity contribution in [3.05, 3.63) is 0 Å². The van der Waals surface area contributed by atoms with E-state index in [9.17, 15) is 20.4 Å². The summed E-state index contributed by atoms with van der Waals surface area (Å²) in [5.74, 6) is 0. The molecule has 0 bridgehead atoms. The molecule has 0 unspecified atom stereocenters. The molecule has 0 heterocycles. The van der Waals surface area contributed by atoms with Crippen molar-refractivity contribution in [1.82, 2.24) is 0 Å². The number of rotatable bonds is 1. The van der Waals surface area contributed by atoms with E-state index in [0.29, 0.717) is 0 Å². The molecule has 0 aromatic carbocycles. The van der Waals surface area contributed by atoms with Gasteiger partial charge in [0.1, 0.15) is 36.6 Å². The van der Waals surface area contributed by atoms with Gasteiger partial charge in [-0.2, -0.15) is 0 Å². The van der Waals surface area contributed by atoms with E-state index in [2.05, 4.69) is 4.74 Å². The van der Waals surface area contributed by atoms with Crippen LogP contribution < -0.4 is 0 Å². The predicted octanol–water partition coefficient (Wildman–Crippen LogP) is -3.18. The van der Waals surface area contributed by atoms with Gasteiger partial charge < -0.3 is 30.3 Å². The highest BCUT2D eigenvalue weighted by Crippen LogP contribution is 2.23. The van der Waals surface area contributed by atoms with Crippen molar-refractivity contribution in [1.29, 1.82) is 0 Å². The maximum Gasteiger partial charge on any atom is 0.114 e. The molecule has 0 radical (unpaired) electrons. The molecule has 78 valence electrons. The summed E-state index contributed by atoms with van der Waals surface area (Å²) in [5.41, 5.74) is 0. The topological polar surface area (TPSA) is 110 Å². The molecule has 0 spiro atoms. The second-order valence-electron chi connectivity index (χ2n) is 3.15. The molecule has 6 heteroatoms. The van der Waals surface area contributed by atoms with E-state index in [-0.39, 0.29) is 0 Å². The fourth-order valence-corrected chi connectivity index (χ4v) is 1.48. The fraction of sp³-hybridized carbons (Fsp3) is 1.00. The van der Waals surface area contributed by atoms with Crippen molar-refractivity contribution in [2.75, 3.05) is 7.11 Å². The van der Waals surface area contributed by atoms with Gasteiger partial charge >= 0.3 is 0 Å². The molecule has 0 aliphatic heterocycles. The lowest BCUT2D eigenvalue weighted by Gasteiger charge is -2.40. The van der Waals surface area contributed by atoms with Crippen LogP contribution in [0.25, 0.3) is 0 Å². The van der Waals surface area contributed by atoms with Gasteiger partial charge in [-0.15, -0.1) is 0 Å². The van der Waals surface area contributed by atoms with Gasteiger partial charge in [0, 0.05) is 7.11 Å². The summed E-state index contributed by atoms with van der Waals surface area (Å²) in [6.45, 7) is 0. The lowest BCUT2D eigenvalue weighted by molar-refractivity contribution is -0.229. The monoisotopic (exact) mass is 194 g/mol. The van der Waals surface area contributed by atoms with Gasteiger partial charge in [0.05, 0.1) is 0 Å². The van der Waals surface area contributed by atoms with Crippen LogP contribution in [0.15, 0.2) is 0 Å². The summed E-state index contributed by atoms with van der Waals surface area (Å²) in [5, 5.41) is 46.1. The van der Waals surface area contributed by atoms with Crippen LogP contribution in [0, 0.1) is 0 Å². The van der Waals surface area contributed by atoms with Crippen LogP contribution in [-0.2, 0) is 4.74 Å². The minimum absolute atomic E-state index is 1.09. The van der Waals surface area contributed by atoms with Crippen LogP contribution >= 0.6 is 0 Å². The summed E-state index contributed by atoms with van der Waals surface area (Å²) in [6.07, 6.45) is -8.48. The molecule has 0 aromatic heterocycles. The predicted molar refractivity (Wildman–Crippen MR) is 40.8 cm³/mol. The van der Waals surface area contributed by atoms with Crippen LogP contribution in [0.4, 0.5) is 0 Å². The molecule has 6 nitrogen and oxygen atoms in total. The average Bonchev–Trinajstić information content (AvgIpc) is 2.13.